The Balaban J connectivity index is 3.15. The lowest BCUT2D eigenvalue weighted by Crippen LogP contribution is -2.50. The highest BCUT2D eigenvalue weighted by Crippen LogP contribution is 2.23. The maximum absolute atomic E-state index is 12.7. The third kappa shape index (κ3) is 4.48. The lowest BCUT2D eigenvalue weighted by molar-refractivity contribution is -0.224. The molecule has 0 heterocycles. The van der Waals surface area contributed by atoms with Crippen molar-refractivity contribution in [1.29, 1.82) is 0 Å². The van der Waals surface area contributed by atoms with Crippen molar-refractivity contribution in [2.24, 2.45) is 0 Å². The maximum Gasteiger partial charge on any atom is 0.292 e. The van der Waals surface area contributed by atoms with Crippen molar-refractivity contribution >= 4 is 12.1 Å². The van der Waals surface area contributed by atoms with Crippen LogP contribution in [0.25, 0.3) is 0 Å². The summed E-state index contributed by atoms with van der Waals surface area (Å²) >= 11 is 0. The average molecular weight is 292 g/mol. The van der Waals surface area contributed by atoms with E-state index in [4.69, 9.17) is 9.47 Å². The van der Waals surface area contributed by atoms with Gasteiger partial charge in [-0.2, -0.15) is 0 Å². The van der Waals surface area contributed by atoms with Gasteiger partial charge in [0.1, 0.15) is 0 Å². The van der Waals surface area contributed by atoms with Gasteiger partial charge in [0.05, 0.1) is 12.2 Å². The molecule has 0 aliphatic rings. The molecule has 0 aromatic heterocycles. The van der Waals surface area contributed by atoms with Gasteiger partial charge in [-0.25, -0.2) is 0 Å². The number of benzene rings is 1. The second-order valence-electron chi connectivity index (χ2n) is 5.15. The van der Waals surface area contributed by atoms with Crippen molar-refractivity contribution in [2.75, 3.05) is 0 Å². The zero-order chi connectivity index (χ0) is 15.9. The van der Waals surface area contributed by atoms with E-state index in [0.29, 0.717) is 24.7 Å². The number of rotatable bonds is 9. The van der Waals surface area contributed by atoms with E-state index in [1.165, 1.54) is 0 Å². The molecule has 4 heteroatoms. The van der Waals surface area contributed by atoms with Gasteiger partial charge in [-0.15, -0.1) is 0 Å². The summed E-state index contributed by atoms with van der Waals surface area (Å²) in [6, 6.07) is 8.61. The Morgan fingerprint density at radius 3 is 1.95 bits per heavy atom. The zero-order valence-electron chi connectivity index (χ0n) is 13.2. The van der Waals surface area contributed by atoms with Crippen molar-refractivity contribution in [3.63, 3.8) is 0 Å². The molecule has 1 aromatic carbocycles. The van der Waals surface area contributed by atoms with Crippen LogP contribution in [0, 0.1) is 0 Å². The highest BCUT2D eigenvalue weighted by molar-refractivity contribution is 6.10. The van der Waals surface area contributed by atoms with Gasteiger partial charge in [0.15, 0.2) is 6.29 Å². The van der Waals surface area contributed by atoms with Crippen LogP contribution < -0.4 is 0 Å². The van der Waals surface area contributed by atoms with Gasteiger partial charge < -0.3 is 9.47 Å². The van der Waals surface area contributed by atoms with Crippen LogP contribution in [0.1, 0.15) is 50.9 Å². The third-order valence-electron chi connectivity index (χ3n) is 3.41. The van der Waals surface area contributed by atoms with Crippen LogP contribution in [-0.4, -0.2) is 30.1 Å². The molecular weight excluding hydrogens is 268 g/mol. The average Bonchev–Trinajstić information content (AvgIpc) is 2.53. The highest BCUT2D eigenvalue weighted by Gasteiger charge is 2.44. The fourth-order valence-electron chi connectivity index (χ4n) is 1.80. The Labute approximate surface area is 126 Å². The number of carbonyl (C=O) groups is 2. The minimum atomic E-state index is -1.87. The van der Waals surface area contributed by atoms with Crippen LogP contribution in [0.3, 0.4) is 0 Å². The largest absolute Gasteiger partial charge is 0.335 e. The summed E-state index contributed by atoms with van der Waals surface area (Å²) < 4.78 is 11.4. The number of Topliss-reactive ketones (excluding diaryl/α,β-unsaturated/α-hetero) is 1. The molecule has 0 fully saturated rings. The smallest absolute Gasteiger partial charge is 0.292 e. The molecule has 0 saturated carbocycles. The van der Waals surface area contributed by atoms with Crippen LogP contribution >= 0.6 is 0 Å². The van der Waals surface area contributed by atoms with E-state index in [2.05, 4.69) is 0 Å². The first kappa shape index (κ1) is 17.5. The van der Waals surface area contributed by atoms with Crippen LogP contribution in [-0.2, 0) is 14.3 Å². The lowest BCUT2D eigenvalue weighted by Gasteiger charge is -2.32. The molecule has 4 nitrogen and oxygen atoms in total. The second kappa shape index (κ2) is 8.05. The van der Waals surface area contributed by atoms with E-state index in [1.54, 1.807) is 24.3 Å². The summed E-state index contributed by atoms with van der Waals surface area (Å²) in [7, 11) is 0. The molecule has 0 aliphatic carbocycles. The highest BCUT2D eigenvalue weighted by atomic mass is 16.7. The first-order valence-electron chi connectivity index (χ1n) is 7.40. The first-order chi connectivity index (χ1) is 9.99. The number of aldehydes is 1. The quantitative estimate of drug-likeness (QED) is 0.303. The number of ketones is 1. The monoisotopic (exact) mass is 292 g/mol. The van der Waals surface area contributed by atoms with Crippen LogP contribution in [0.4, 0.5) is 0 Å². The summed E-state index contributed by atoms with van der Waals surface area (Å²) in [5.41, 5.74) is 0.399. The molecular formula is C17H24O4. The maximum atomic E-state index is 12.7. The van der Waals surface area contributed by atoms with Gasteiger partial charge in [-0.3, -0.25) is 9.59 Å². The van der Waals surface area contributed by atoms with E-state index in [-0.39, 0.29) is 12.2 Å². The Morgan fingerprint density at radius 2 is 1.57 bits per heavy atom. The molecule has 0 bridgehead atoms. The summed E-state index contributed by atoms with van der Waals surface area (Å²) in [5, 5.41) is 0. The summed E-state index contributed by atoms with van der Waals surface area (Å²) in [6.07, 6.45) is 1.32. The van der Waals surface area contributed by atoms with E-state index >= 15 is 0 Å². The Morgan fingerprint density at radius 1 is 1.10 bits per heavy atom. The van der Waals surface area contributed by atoms with Crippen molar-refractivity contribution in [3.05, 3.63) is 35.9 Å². The van der Waals surface area contributed by atoms with Gasteiger partial charge in [0.25, 0.3) is 5.79 Å². The number of carbonyl (C=O) groups excluding carboxylic acids is 2. The Hall–Kier alpha value is -1.52. The van der Waals surface area contributed by atoms with Crippen molar-refractivity contribution in [2.45, 2.75) is 58.5 Å². The minimum absolute atomic E-state index is 0.257. The first-order valence-corrected chi connectivity index (χ1v) is 7.40. The predicted molar refractivity (Wildman–Crippen MR) is 81.2 cm³/mol. The fraction of sp³-hybridized carbons (Fsp3) is 0.529. The molecule has 0 amide bonds. The molecule has 1 aromatic rings. The topological polar surface area (TPSA) is 52.6 Å². The van der Waals surface area contributed by atoms with E-state index in [1.807, 2.05) is 33.8 Å². The standard InChI is InChI=1S/C17H24O4/c1-5-13(3)20-17(12-18,21-14(4)6-2)16(19)15-10-8-7-9-11-15/h7-14H,5-6H2,1-4H3. The number of ether oxygens (including phenoxy) is 2. The molecule has 0 saturated heterocycles. The summed E-state index contributed by atoms with van der Waals surface area (Å²) in [4.78, 5) is 24.4. The normalized spacial score (nSPS) is 16.8. The molecule has 2 unspecified atom stereocenters. The third-order valence-corrected chi connectivity index (χ3v) is 3.41. The lowest BCUT2D eigenvalue weighted by atomic mass is 10.0. The summed E-state index contributed by atoms with van der Waals surface area (Å²) in [6.45, 7) is 7.49. The van der Waals surface area contributed by atoms with Crippen molar-refractivity contribution in [1.82, 2.24) is 0 Å². The minimum Gasteiger partial charge on any atom is -0.335 e. The molecule has 0 radical (unpaired) electrons. The van der Waals surface area contributed by atoms with Crippen LogP contribution in [0.5, 0.6) is 0 Å². The number of hydrogen-bond donors (Lipinski definition) is 0. The van der Waals surface area contributed by atoms with Gasteiger partial charge in [-0.1, -0.05) is 44.2 Å². The number of hydrogen-bond acceptors (Lipinski definition) is 4. The molecule has 0 spiro atoms. The van der Waals surface area contributed by atoms with Gasteiger partial charge in [0.2, 0.25) is 5.78 Å². The van der Waals surface area contributed by atoms with Gasteiger partial charge in [0, 0.05) is 5.56 Å². The van der Waals surface area contributed by atoms with Crippen molar-refractivity contribution in [3.8, 4) is 0 Å². The fourth-order valence-corrected chi connectivity index (χ4v) is 1.80. The SMILES string of the molecule is CCC(C)OC(C=O)(OC(C)CC)C(=O)c1ccccc1. The molecule has 1 rings (SSSR count). The van der Waals surface area contributed by atoms with Crippen molar-refractivity contribution < 1.29 is 19.1 Å². The van der Waals surface area contributed by atoms with Crippen LogP contribution in [0.15, 0.2) is 30.3 Å². The second-order valence-corrected chi connectivity index (χ2v) is 5.15. The Kier molecular flexibility index (Phi) is 6.72. The predicted octanol–water partition coefficient (Wildman–Crippen LogP) is 3.39. The molecule has 2 atom stereocenters. The van der Waals surface area contributed by atoms with E-state index in [0.717, 1.165) is 0 Å². The van der Waals surface area contributed by atoms with E-state index in [9.17, 15) is 9.59 Å². The Bertz CT molecular complexity index is 443. The van der Waals surface area contributed by atoms with E-state index < -0.39 is 11.6 Å². The summed E-state index contributed by atoms with van der Waals surface area (Å²) in [5.74, 6) is -2.33. The zero-order valence-corrected chi connectivity index (χ0v) is 13.2. The van der Waals surface area contributed by atoms with Crippen LogP contribution in [0.2, 0.25) is 0 Å². The molecule has 116 valence electrons. The molecule has 21 heavy (non-hydrogen) atoms. The molecule has 0 aliphatic heterocycles. The van der Waals surface area contributed by atoms with Gasteiger partial charge in [-0.05, 0) is 26.7 Å². The molecule has 0 N–H and O–H groups in total. The van der Waals surface area contributed by atoms with Gasteiger partial charge >= 0.3 is 0 Å².